The first kappa shape index (κ1) is 17.9. The summed E-state index contributed by atoms with van der Waals surface area (Å²) in [4.78, 5) is 33.1. The van der Waals surface area contributed by atoms with E-state index in [4.69, 9.17) is 4.74 Å². The minimum atomic E-state index is -1.01. The molecule has 2 rings (SSSR count). The number of nitrogens with one attached hydrogen (secondary N) is 2. The molecular weight excluding hydrogens is 333 g/mol. The summed E-state index contributed by atoms with van der Waals surface area (Å²) in [6.07, 6.45) is 0. The molecule has 2 amide bonds. The second-order valence-electron chi connectivity index (χ2n) is 4.85. The number of hydrogen-bond donors (Lipinski definition) is 2. The van der Waals surface area contributed by atoms with Crippen molar-refractivity contribution in [3.8, 4) is 5.75 Å². The normalized spacial score (nSPS) is 9.96. The van der Waals surface area contributed by atoms with E-state index in [1.807, 2.05) is 0 Å². The summed E-state index contributed by atoms with van der Waals surface area (Å²) in [5, 5.41) is 15.3. The number of amides is 2. The Hall–Kier alpha value is -3.49. The lowest BCUT2D eigenvalue weighted by atomic mass is 10.2. The number of rotatable bonds is 7. The molecule has 130 valence electrons. The molecule has 0 spiro atoms. The first-order chi connectivity index (χ1) is 12.0. The van der Waals surface area contributed by atoms with Crippen molar-refractivity contribution in [3.63, 3.8) is 0 Å². The zero-order valence-corrected chi connectivity index (χ0v) is 12.9. The molecule has 0 bridgehead atoms. The van der Waals surface area contributed by atoms with Gasteiger partial charge in [0.25, 0.3) is 5.91 Å². The van der Waals surface area contributed by atoms with Gasteiger partial charge in [0.05, 0.1) is 11.5 Å². The largest absolute Gasteiger partial charge is 0.484 e. The zero-order valence-electron chi connectivity index (χ0n) is 12.9. The Bertz CT molecular complexity index is 783. The Balaban J connectivity index is 1.79. The second-order valence-corrected chi connectivity index (χ2v) is 4.85. The Morgan fingerprint density at radius 3 is 2.52 bits per heavy atom. The van der Waals surface area contributed by atoms with Gasteiger partial charge in [0.15, 0.2) is 6.61 Å². The lowest BCUT2D eigenvalue weighted by molar-refractivity contribution is -0.387. The van der Waals surface area contributed by atoms with Crippen molar-refractivity contribution in [3.05, 3.63) is 64.5 Å². The van der Waals surface area contributed by atoms with E-state index < -0.39 is 28.2 Å². The maximum Gasteiger partial charge on any atom is 0.306 e. The van der Waals surface area contributed by atoms with Crippen molar-refractivity contribution >= 4 is 23.2 Å². The van der Waals surface area contributed by atoms with Gasteiger partial charge in [-0.2, -0.15) is 4.39 Å². The maximum atomic E-state index is 13.2. The molecule has 0 aliphatic rings. The maximum absolute atomic E-state index is 13.2. The van der Waals surface area contributed by atoms with Crippen LogP contribution < -0.4 is 15.4 Å². The number of carbonyl (C=O) groups excluding carboxylic acids is 2. The molecule has 0 atom stereocenters. The summed E-state index contributed by atoms with van der Waals surface area (Å²) >= 11 is 0. The highest BCUT2D eigenvalue weighted by Crippen LogP contribution is 2.21. The molecule has 0 aliphatic carbocycles. The number of benzene rings is 2. The SMILES string of the molecule is O=C(COc1ccccc1)NCC(=O)Nc1ccc(F)c([N+](=O)[O-])c1. The van der Waals surface area contributed by atoms with E-state index in [2.05, 4.69) is 10.6 Å². The molecule has 0 radical (unpaired) electrons. The van der Waals surface area contributed by atoms with E-state index in [1.54, 1.807) is 30.3 Å². The second kappa shape index (κ2) is 8.39. The number of halogens is 1. The van der Waals surface area contributed by atoms with Crippen LogP contribution in [0.3, 0.4) is 0 Å². The van der Waals surface area contributed by atoms with Gasteiger partial charge in [0, 0.05) is 11.8 Å². The van der Waals surface area contributed by atoms with Crippen molar-refractivity contribution in [2.75, 3.05) is 18.5 Å². The number of anilines is 1. The number of nitrogens with zero attached hydrogens (tertiary/aromatic N) is 1. The first-order valence-corrected chi connectivity index (χ1v) is 7.14. The number of nitro groups is 1. The first-order valence-electron chi connectivity index (χ1n) is 7.14. The van der Waals surface area contributed by atoms with E-state index in [0.717, 1.165) is 12.1 Å². The summed E-state index contributed by atoms with van der Waals surface area (Å²) in [7, 11) is 0. The summed E-state index contributed by atoms with van der Waals surface area (Å²) in [6, 6.07) is 11.6. The fourth-order valence-electron chi connectivity index (χ4n) is 1.83. The highest BCUT2D eigenvalue weighted by Gasteiger charge is 2.15. The van der Waals surface area contributed by atoms with Gasteiger partial charge in [0.1, 0.15) is 5.75 Å². The minimum Gasteiger partial charge on any atom is -0.484 e. The Labute approximate surface area is 141 Å². The van der Waals surface area contributed by atoms with E-state index in [-0.39, 0.29) is 18.8 Å². The van der Waals surface area contributed by atoms with Crippen molar-refractivity contribution in [2.45, 2.75) is 0 Å². The van der Waals surface area contributed by atoms with Crippen LogP contribution in [0.1, 0.15) is 0 Å². The predicted molar refractivity (Wildman–Crippen MR) is 86.6 cm³/mol. The third kappa shape index (κ3) is 5.57. The van der Waals surface area contributed by atoms with Gasteiger partial charge in [-0.25, -0.2) is 0 Å². The van der Waals surface area contributed by atoms with Crippen LogP contribution >= 0.6 is 0 Å². The third-order valence-corrected chi connectivity index (χ3v) is 2.99. The van der Waals surface area contributed by atoms with E-state index >= 15 is 0 Å². The Morgan fingerprint density at radius 1 is 1.12 bits per heavy atom. The van der Waals surface area contributed by atoms with Gasteiger partial charge in [-0.15, -0.1) is 0 Å². The molecule has 8 nitrogen and oxygen atoms in total. The molecule has 0 aliphatic heterocycles. The molecule has 2 aromatic carbocycles. The molecule has 0 fully saturated rings. The molecule has 25 heavy (non-hydrogen) atoms. The van der Waals surface area contributed by atoms with Crippen LogP contribution in [0, 0.1) is 15.9 Å². The van der Waals surface area contributed by atoms with Gasteiger partial charge in [-0.05, 0) is 24.3 Å². The lowest BCUT2D eigenvalue weighted by Gasteiger charge is -2.08. The number of para-hydroxylation sites is 1. The minimum absolute atomic E-state index is 0.0490. The summed E-state index contributed by atoms with van der Waals surface area (Å²) in [5.74, 6) is -1.62. The van der Waals surface area contributed by atoms with E-state index in [1.165, 1.54) is 6.07 Å². The smallest absolute Gasteiger partial charge is 0.306 e. The zero-order chi connectivity index (χ0) is 18.2. The number of nitro benzene ring substituents is 1. The van der Waals surface area contributed by atoms with Crippen LogP contribution in [0.5, 0.6) is 5.75 Å². The fourth-order valence-corrected chi connectivity index (χ4v) is 1.83. The topological polar surface area (TPSA) is 111 Å². The lowest BCUT2D eigenvalue weighted by Crippen LogP contribution is -2.35. The van der Waals surface area contributed by atoms with Gasteiger partial charge in [-0.1, -0.05) is 18.2 Å². The highest BCUT2D eigenvalue weighted by molar-refractivity contribution is 5.94. The molecule has 2 N–H and O–H groups in total. The van der Waals surface area contributed by atoms with Crippen molar-refractivity contribution in [1.82, 2.24) is 5.32 Å². The highest BCUT2D eigenvalue weighted by atomic mass is 19.1. The standard InChI is InChI=1S/C16H14FN3O5/c17-13-7-6-11(8-14(13)20(23)24)19-15(21)9-18-16(22)10-25-12-4-2-1-3-5-12/h1-8H,9-10H2,(H,18,22)(H,19,21). The molecule has 9 heteroatoms. The molecule has 0 saturated heterocycles. The molecule has 0 saturated carbocycles. The summed E-state index contributed by atoms with van der Waals surface area (Å²) < 4.78 is 18.4. The van der Waals surface area contributed by atoms with Crippen LogP contribution in [0.25, 0.3) is 0 Å². The predicted octanol–water partition coefficient (Wildman–Crippen LogP) is 1.87. The average Bonchev–Trinajstić information content (AvgIpc) is 2.60. The van der Waals surface area contributed by atoms with Crippen molar-refractivity contribution in [1.29, 1.82) is 0 Å². The Kier molecular flexibility index (Phi) is 5.99. The van der Waals surface area contributed by atoms with E-state index in [0.29, 0.717) is 5.75 Å². The number of hydrogen-bond acceptors (Lipinski definition) is 5. The van der Waals surface area contributed by atoms with Crippen molar-refractivity contribution < 1.29 is 23.6 Å². The number of ether oxygens (including phenoxy) is 1. The van der Waals surface area contributed by atoms with Crippen molar-refractivity contribution in [2.24, 2.45) is 0 Å². The van der Waals surface area contributed by atoms with Crippen LogP contribution in [0.2, 0.25) is 0 Å². The van der Waals surface area contributed by atoms with Gasteiger partial charge in [0.2, 0.25) is 11.7 Å². The average molecular weight is 347 g/mol. The van der Waals surface area contributed by atoms with Crippen LogP contribution in [0.4, 0.5) is 15.8 Å². The van der Waals surface area contributed by atoms with E-state index in [9.17, 15) is 24.1 Å². The molecule has 0 aromatic heterocycles. The number of carbonyl (C=O) groups is 2. The quantitative estimate of drug-likeness (QED) is 0.587. The third-order valence-electron chi connectivity index (χ3n) is 2.99. The van der Waals surface area contributed by atoms with Crippen LogP contribution in [-0.2, 0) is 9.59 Å². The molecule has 0 heterocycles. The molecule has 0 unspecified atom stereocenters. The van der Waals surface area contributed by atoms with Crippen LogP contribution in [0.15, 0.2) is 48.5 Å². The summed E-state index contributed by atoms with van der Waals surface area (Å²) in [6.45, 7) is -0.624. The van der Waals surface area contributed by atoms with Gasteiger partial charge in [-0.3, -0.25) is 19.7 Å². The summed E-state index contributed by atoms with van der Waals surface area (Å²) in [5.41, 5.74) is -0.703. The monoisotopic (exact) mass is 347 g/mol. The van der Waals surface area contributed by atoms with Gasteiger partial charge < -0.3 is 15.4 Å². The fraction of sp³-hybridized carbons (Fsp3) is 0.125. The molecule has 2 aromatic rings. The van der Waals surface area contributed by atoms with Crippen LogP contribution in [-0.4, -0.2) is 29.9 Å². The Morgan fingerprint density at radius 2 is 1.84 bits per heavy atom. The molecular formula is C16H14FN3O5. The van der Waals surface area contributed by atoms with Gasteiger partial charge >= 0.3 is 5.69 Å².